The van der Waals surface area contributed by atoms with E-state index in [4.69, 9.17) is 0 Å². The van der Waals surface area contributed by atoms with Crippen molar-refractivity contribution in [3.8, 4) is 0 Å². The van der Waals surface area contributed by atoms with Crippen LogP contribution in [0.4, 0.5) is 0 Å². The Morgan fingerprint density at radius 2 is 1.93 bits per heavy atom. The highest BCUT2D eigenvalue weighted by molar-refractivity contribution is 7.80. The van der Waals surface area contributed by atoms with E-state index in [0.717, 1.165) is 17.7 Å². The molecule has 0 N–H and O–H groups in total. The van der Waals surface area contributed by atoms with Gasteiger partial charge in [-0.1, -0.05) is 6.42 Å². The molecule has 2 fully saturated rings. The maximum Gasteiger partial charge on any atom is 0.0123 e. The number of thiol groups is 1. The van der Waals surface area contributed by atoms with Gasteiger partial charge in [-0.05, 0) is 63.3 Å². The molecule has 2 aliphatic rings. The lowest BCUT2D eigenvalue weighted by atomic mass is 9.92. The van der Waals surface area contributed by atoms with Gasteiger partial charge in [-0.25, -0.2) is 0 Å². The average Bonchev–Trinajstić information content (AvgIpc) is 2.67. The summed E-state index contributed by atoms with van der Waals surface area (Å²) in [7, 11) is 0. The highest BCUT2D eigenvalue weighted by Crippen LogP contribution is 2.36. The molecule has 0 amide bonds. The molecule has 2 heteroatoms. The van der Waals surface area contributed by atoms with Crippen LogP contribution in [0.5, 0.6) is 0 Å². The molecule has 2 unspecified atom stereocenters. The van der Waals surface area contributed by atoms with E-state index in [1.54, 1.807) is 0 Å². The summed E-state index contributed by atoms with van der Waals surface area (Å²) in [5.74, 6) is 2.11. The Kier molecular flexibility index (Phi) is 4.18. The van der Waals surface area contributed by atoms with Crippen LogP contribution in [0.2, 0.25) is 0 Å². The number of fused-ring (bicyclic) bond motifs is 1. The zero-order chi connectivity index (χ0) is 9.80. The van der Waals surface area contributed by atoms with Crippen molar-refractivity contribution in [2.45, 2.75) is 51.0 Å². The summed E-state index contributed by atoms with van der Waals surface area (Å²) in [5.41, 5.74) is 0. The highest BCUT2D eigenvalue weighted by Gasteiger charge is 2.34. The Labute approximate surface area is 93.7 Å². The van der Waals surface area contributed by atoms with Crippen LogP contribution in [-0.2, 0) is 0 Å². The summed E-state index contributed by atoms with van der Waals surface area (Å²) < 4.78 is 0. The Morgan fingerprint density at radius 1 is 1.07 bits per heavy atom. The second-order valence-corrected chi connectivity index (χ2v) is 5.31. The van der Waals surface area contributed by atoms with Gasteiger partial charge in [0, 0.05) is 6.04 Å². The van der Waals surface area contributed by atoms with E-state index in [9.17, 15) is 0 Å². The fourth-order valence-corrected chi connectivity index (χ4v) is 3.49. The summed E-state index contributed by atoms with van der Waals surface area (Å²) in [6.07, 6.45) is 10.1. The van der Waals surface area contributed by atoms with E-state index in [-0.39, 0.29) is 0 Å². The normalized spacial score (nSPS) is 33.2. The molecule has 0 aromatic carbocycles. The third-order valence-electron chi connectivity index (χ3n) is 3.96. The topological polar surface area (TPSA) is 3.24 Å². The van der Waals surface area contributed by atoms with Gasteiger partial charge in [0.1, 0.15) is 0 Å². The molecule has 0 spiro atoms. The fourth-order valence-electron chi connectivity index (χ4n) is 3.26. The second-order valence-electron chi connectivity index (χ2n) is 4.87. The van der Waals surface area contributed by atoms with Gasteiger partial charge in [-0.2, -0.15) is 12.6 Å². The van der Waals surface area contributed by atoms with E-state index in [2.05, 4.69) is 17.5 Å². The number of nitrogens with zero attached hydrogens (tertiary/aromatic N) is 1. The smallest absolute Gasteiger partial charge is 0.0123 e. The molecule has 1 aliphatic heterocycles. The Balaban J connectivity index is 1.78. The van der Waals surface area contributed by atoms with E-state index in [0.29, 0.717) is 0 Å². The maximum atomic E-state index is 4.28. The number of likely N-dealkylation sites (tertiary alicyclic amines) is 1. The van der Waals surface area contributed by atoms with Crippen LogP contribution in [0, 0.1) is 5.92 Å². The standard InChI is InChI=1S/C12H23NS/c14-10-2-1-8-13-9-4-6-11-5-3-7-12(11)13/h11-12,14H,1-10H2. The summed E-state index contributed by atoms with van der Waals surface area (Å²) in [4.78, 5) is 2.77. The zero-order valence-electron chi connectivity index (χ0n) is 9.12. The number of piperidine rings is 1. The molecule has 1 nitrogen and oxygen atoms in total. The van der Waals surface area contributed by atoms with E-state index in [1.807, 2.05) is 0 Å². The van der Waals surface area contributed by atoms with Gasteiger partial charge in [0.25, 0.3) is 0 Å². The second kappa shape index (κ2) is 5.41. The Hall–Kier alpha value is 0.310. The zero-order valence-corrected chi connectivity index (χ0v) is 10.0. The number of hydrogen-bond donors (Lipinski definition) is 1. The van der Waals surface area contributed by atoms with Gasteiger partial charge in [-0.15, -0.1) is 0 Å². The summed E-state index contributed by atoms with van der Waals surface area (Å²) >= 11 is 4.28. The number of rotatable bonds is 4. The Bertz CT molecular complexity index is 172. The molecule has 2 atom stereocenters. The van der Waals surface area contributed by atoms with E-state index in [1.165, 1.54) is 58.0 Å². The lowest BCUT2D eigenvalue weighted by Gasteiger charge is -2.37. The largest absolute Gasteiger partial charge is 0.300 e. The molecule has 0 aromatic rings. The third kappa shape index (κ3) is 2.46. The maximum absolute atomic E-state index is 4.28. The van der Waals surface area contributed by atoms with E-state index >= 15 is 0 Å². The van der Waals surface area contributed by atoms with Gasteiger partial charge in [0.05, 0.1) is 0 Å². The van der Waals surface area contributed by atoms with Crippen molar-refractivity contribution < 1.29 is 0 Å². The van der Waals surface area contributed by atoms with Crippen molar-refractivity contribution in [2.75, 3.05) is 18.8 Å². The molecule has 1 heterocycles. The minimum absolute atomic E-state index is 0.962. The third-order valence-corrected chi connectivity index (χ3v) is 4.28. The minimum Gasteiger partial charge on any atom is -0.300 e. The van der Waals surface area contributed by atoms with Crippen LogP contribution in [0.25, 0.3) is 0 Å². The van der Waals surface area contributed by atoms with Crippen molar-refractivity contribution in [3.63, 3.8) is 0 Å². The molecule has 1 saturated heterocycles. The van der Waals surface area contributed by atoms with Crippen LogP contribution in [0.1, 0.15) is 44.9 Å². The van der Waals surface area contributed by atoms with Gasteiger partial charge >= 0.3 is 0 Å². The molecule has 2 rings (SSSR count). The molecule has 0 radical (unpaired) electrons. The van der Waals surface area contributed by atoms with Crippen molar-refractivity contribution in [1.82, 2.24) is 4.90 Å². The molecular formula is C12H23NS. The molecule has 1 aliphatic carbocycles. The van der Waals surface area contributed by atoms with Crippen LogP contribution >= 0.6 is 12.6 Å². The molecular weight excluding hydrogens is 190 g/mol. The van der Waals surface area contributed by atoms with Gasteiger partial charge in [-0.3, -0.25) is 0 Å². The predicted molar refractivity (Wildman–Crippen MR) is 65.0 cm³/mol. The first-order valence-corrected chi connectivity index (χ1v) is 6.90. The van der Waals surface area contributed by atoms with Crippen LogP contribution in [-0.4, -0.2) is 29.8 Å². The summed E-state index contributed by atoms with van der Waals surface area (Å²) in [6, 6.07) is 0.962. The average molecular weight is 213 g/mol. The molecule has 1 saturated carbocycles. The SMILES string of the molecule is SCCCCN1CCCC2CCCC21. The molecule has 0 bridgehead atoms. The number of unbranched alkanes of at least 4 members (excludes halogenated alkanes) is 1. The van der Waals surface area contributed by atoms with Gasteiger partial charge < -0.3 is 4.90 Å². The van der Waals surface area contributed by atoms with Crippen LogP contribution in [0.3, 0.4) is 0 Å². The highest BCUT2D eigenvalue weighted by atomic mass is 32.1. The number of hydrogen-bond acceptors (Lipinski definition) is 2. The van der Waals surface area contributed by atoms with Crippen molar-refractivity contribution >= 4 is 12.6 Å². The monoisotopic (exact) mass is 213 g/mol. The predicted octanol–water partition coefficient (Wildman–Crippen LogP) is 2.96. The van der Waals surface area contributed by atoms with Crippen molar-refractivity contribution in [1.29, 1.82) is 0 Å². The molecule has 14 heavy (non-hydrogen) atoms. The summed E-state index contributed by atoms with van der Waals surface area (Å²) in [5, 5.41) is 0. The quantitative estimate of drug-likeness (QED) is 0.555. The van der Waals surface area contributed by atoms with Gasteiger partial charge in [0.15, 0.2) is 0 Å². The molecule has 0 aromatic heterocycles. The lowest BCUT2D eigenvalue weighted by Crippen LogP contribution is -2.42. The van der Waals surface area contributed by atoms with E-state index < -0.39 is 0 Å². The minimum atomic E-state index is 0.962. The molecule has 82 valence electrons. The summed E-state index contributed by atoms with van der Waals surface area (Å²) in [6.45, 7) is 2.70. The van der Waals surface area contributed by atoms with Gasteiger partial charge in [0.2, 0.25) is 0 Å². The first kappa shape index (κ1) is 10.8. The van der Waals surface area contributed by atoms with Crippen LogP contribution in [0.15, 0.2) is 0 Å². The lowest BCUT2D eigenvalue weighted by molar-refractivity contribution is 0.112. The van der Waals surface area contributed by atoms with Crippen molar-refractivity contribution in [3.05, 3.63) is 0 Å². The van der Waals surface area contributed by atoms with Crippen LogP contribution < -0.4 is 0 Å². The van der Waals surface area contributed by atoms with Crippen molar-refractivity contribution in [2.24, 2.45) is 5.92 Å². The first-order valence-electron chi connectivity index (χ1n) is 6.26. The first-order chi connectivity index (χ1) is 6.92. The fraction of sp³-hybridized carbons (Fsp3) is 1.00. The Morgan fingerprint density at radius 3 is 2.79 bits per heavy atom.